The Bertz CT molecular complexity index is 1260. The molecule has 1 amide bonds. The summed E-state index contributed by atoms with van der Waals surface area (Å²) in [5.41, 5.74) is 8.39. The average Bonchev–Trinajstić information content (AvgIpc) is 3.16. The van der Waals surface area contributed by atoms with Crippen molar-refractivity contribution in [1.29, 1.82) is 0 Å². The molecule has 7 nitrogen and oxygen atoms in total. The highest BCUT2D eigenvalue weighted by Crippen LogP contribution is 2.24. The largest absolute Gasteiger partial charge is 0.508 e. The summed E-state index contributed by atoms with van der Waals surface area (Å²) in [5.74, 6) is -0.0201. The van der Waals surface area contributed by atoms with Crippen LogP contribution in [0.1, 0.15) is 17.2 Å². The summed E-state index contributed by atoms with van der Waals surface area (Å²) in [6.07, 6.45) is 3.50. The molecule has 0 aliphatic heterocycles. The van der Waals surface area contributed by atoms with Crippen molar-refractivity contribution in [2.75, 3.05) is 0 Å². The van der Waals surface area contributed by atoms with Gasteiger partial charge in [0.2, 0.25) is 5.91 Å². The van der Waals surface area contributed by atoms with Crippen LogP contribution >= 0.6 is 0 Å². The zero-order valence-electron chi connectivity index (χ0n) is 15.8. The smallest absolute Gasteiger partial charge is 0.259 e. The number of phenolic OH excluding ortho intramolecular Hbond substituents is 1. The lowest BCUT2D eigenvalue weighted by atomic mass is 10.0. The van der Waals surface area contributed by atoms with Crippen LogP contribution in [-0.4, -0.2) is 25.5 Å². The van der Waals surface area contributed by atoms with Crippen molar-refractivity contribution in [2.24, 2.45) is 5.73 Å². The van der Waals surface area contributed by atoms with E-state index in [-0.39, 0.29) is 11.3 Å². The van der Waals surface area contributed by atoms with Gasteiger partial charge in [-0.3, -0.25) is 9.59 Å². The van der Waals surface area contributed by atoms with Gasteiger partial charge in [0.15, 0.2) is 0 Å². The maximum Gasteiger partial charge on any atom is 0.259 e. The Hall–Kier alpha value is -3.87. The van der Waals surface area contributed by atoms with E-state index in [9.17, 15) is 14.7 Å². The van der Waals surface area contributed by atoms with Crippen molar-refractivity contribution >= 4 is 16.8 Å². The van der Waals surface area contributed by atoms with E-state index in [0.29, 0.717) is 17.8 Å². The van der Waals surface area contributed by atoms with Crippen LogP contribution in [0, 0.1) is 6.92 Å². The second-order valence-corrected chi connectivity index (χ2v) is 7.05. The number of rotatable bonds is 5. The van der Waals surface area contributed by atoms with Gasteiger partial charge in [0.05, 0.1) is 5.56 Å². The number of amides is 1. The van der Waals surface area contributed by atoms with Gasteiger partial charge in [-0.15, -0.1) is 0 Å². The molecule has 0 aliphatic carbocycles. The predicted molar refractivity (Wildman–Crippen MR) is 111 cm³/mol. The predicted octanol–water partition coefficient (Wildman–Crippen LogP) is 2.67. The number of phenols is 1. The molecule has 4 N–H and O–H groups in total. The topological polar surface area (TPSA) is 114 Å². The molecule has 1 atom stereocenters. The molecule has 0 radical (unpaired) electrons. The molecule has 0 spiro atoms. The van der Waals surface area contributed by atoms with Gasteiger partial charge in [-0.1, -0.05) is 23.8 Å². The van der Waals surface area contributed by atoms with E-state index in [0.717, 1.165) is 22.0 Å². The first kappa shape index (κ1) is 18.5. The number of nitrogens with two attached hydrogens (primary N) is 1. The lowest BCUT2D eigenvalue weighted by Gasteiger charge is -2.18. The minimum atomic E-state index is -0.732. The molecule has 29 heavy (non-hydrogen) atoms. The zero-order valence-corrected chi connectivity index (χ0v) is 15.8. The minimum absolute atomic E-state index is 0.144. The Morgan fingerprint density at radius 2 is 1.97 bits per heavy atom. The van der Waals surface area contributed by atoms with Crippen LogP contribution in [0.3, 0.4) is 0 Å². The molecule has 0 aliphatic rings. The summed E-state index contributed by atoms with van der Waals surface area (Å²) in [6, 6.07) is 13.4. The van der Waals surface area contributed by atoms with E-state index in [4.69, 9.17) is 5.73 Å². The quantitative estimate of drug-likeness (QED) is 0.488. The monoisotopic (exact) mass is 388 g/mol. The van der Waals surface area contributed by atoms with Crippen LogP contribution in [0.2, 0.25) is 0 Å². The highest BCUT2D eigenvalue weighted by molar-refractivity contribution is 5.84. The van der Waals surface area contributed by atoms with E-state index in [1.807, 2.05) is 25.1 Å². The number of hydrogen-bond acceptors (Lipinski definition) is 4. The number of aromatic hydroxyl groups is 1. The number of aryl methyl sites for hydroxylation is 1. The van der Waals surface area contributed by atoms with E-state index >= 15 is 0 Å². The van der Waals surface area contributed by atoms with Crippen molar-refractivity contribution in [3.63, 3.8) is 0 Å². The highest BCUT2D eigenvalue weighted by atomic mass is 16.3. The Balaban J connectivity index is 1.79. The minimum Gasteiger partial charge on any atom is -0.508 e. The van der Waals surface area contributed by atoms with Gasteiger partial charge in [0, 0.05) is 24.3 Å². The summed E-state index contributed by atoms with van der Waals surface area (Å²) in [7, 11) is 0. The van der Waals surface area contributed by atoms with Crippen LogP contribution in [0.5, 0.6) is 5.75 Å². The number of H-pyrrole nitrogens is 1. The van der Waals surface area contributed by atoms with E-state index in [1.165, 1.54) is 0 Å². The second kappa shape index (κ2) is 7.27. The molecular formula is C22H20N4O3. The Labute approximate surface area is 166 Å². The Morgan fingerprint density at radius 1 is 1.21 bits per heavy atom. The molecule has 2 aromatic carbocycles. The number of benzene rings is 2. The molecule has 0 bridgehead atoms. The maximum atomic E-state index is 12.7. The van der Waals surface area contributed by atoms with E-state index < -0.39 is 11.9 Å². The SMILES string of the molecule is Cc1ccc2[nH]c(=O)c(-c3nccn3[C@@H](Cc3ccc(O)cc3)C(N)=O)cc2c1. The van der Waals surface area contributed by atoms with Gasteiger partial charge in [0.1, 0.15) is 17.6 Å². The first-order chi connectivity index (χ1) is 13.9. The van der Waals surface area contributed by atoms with Gasteiger partial charge in [-0.05, 0) is 48.2 Å². The number of aromatic nitrogens is 3. The van der Waals surface area contributed by atoms with Gasteiger partial charge >= 0.3 is 0 Å². The number of fused-ring (bicyclic) bond motifs is 1. The zero-order chi connectivity index (χ0) is 20.5. The fourth-order valence-corrected chi connectivity index (χ4v) is 3.46. The number of aromatic amines is 1. The molecule has 0 saturated carbocycles. The number of pyridine rings is 1. The van der Waals surface area contributed by atoms with Gasteiger partial charge < -0.3 is 20.4 Å². The Kier molecular flexibility index (Phi) is 4.64. The summed E-state index contributed by atoms with van der Waals surface area (Å²) < 4.78 is 1.63. The molecule has 4 rings (SSSR count). The van der Waals surface area contributed by atoms with Crippen molar-refractivity contribution in [1.82, 2.24) is 14.5 Å². The first-order valence-corrected chi connectivity index (χ1v) is 9.16. The standard InChI is InChI=1S/C22H20N4O3/c1-13-2-7-18-15(10-13)12-17(22(29)25-18)21-24-8-9-26(21)19(20(23)28)11-14-3-5-16(27)6-4-14/h2-10,12,19,27H,11H2,1H3,(H2,23,28)(H,25,29)/t19-/m0/s1. The molecule has 4 aromatic rings. The number of hydrogen-bond donors (Lipinski definition) is 3. The number of carbonyl (C=O) groups is 1. The highest BCUT2D eigenvalue weighted by Gasteiger charge is 2.23. The normalized spacial score (nSPS) is 12.2. The number of primary amides is 1. The van der Waals surface area contributed by atoms with Crippen LogP contribution in [-0.2, 0) is 11.2 Å². The Morgan fingerprint density at radius 3 is 2.69 bits per heavy atom. The average molecular weight is 388 g/mol. The molecule has 0 unspecified atom stereocenters. The van der Waals surface area contributed by atoms with Crippen molar-refractivity contribution in [3.05, 3.63) is 82.4 Å². The number of carbonyl (C=O) groups excluding carboxylic acids is 1. The molecular weight excluding hydrogens is 368 g/mol. The summed E-state index contributed by atoms with van der Waals surface area (Å²) in [4.78, 5) is 32.1. The third-order valence-electron chi connectivity index (χ3n) is 4.94. The molecule has 2 aromatic heterocycles. The third kappa shape index (κ3) is 3.62. The summed E-state index contributed by atoms with van der Waals surface area (Å²) in [5, 5.41) is 10.3. The molecule has 2 heterocycles. The fraction of sp³-hybridized carbons (Fsp3) is 0.136. The third-order valence-corrected chi connectivity index (χ3v) is 4.94. The maximum absolute atomic E-state index is 12.7. The number of nitrogens with zero attached hydrogens (tertiary/aromatic N) is 2. The van der Waals surface area contributed by atoms with Crippen molar-refractivity contribution in [3.8, 4) is 17.1 Å². The van der Waals surface area contributed by atoms with Crippen LogP contribution in [0.4, 0.5) is 0 Å². The lowest BCUT2D eigenvalue weighted by Crippen LogP contribution is -2.29. The second-order valence-electron chi connectivity index (χ2n) is 7.05. The van der Waals surface area contributed by atoms with Gasteiger partial charge in [-0.25, -0.2) is 4.98 Å². The van der Waals surface area contributed by atoms with Crippen LogP contribution in [0.25, 0.3) is 22.3 Å². The van der Waals surface area contributed by atoms with E-state index in [2.05, 4.69) is 9.97 Å². The number of imidazole rings is 1. The molecule has 0 fully saturated rings. The first-order valence-electron chi connectivity index (χ1n) is 9.16. The van der Waals surface area contributed by atoms with E-state index in [1.54, 1.807) is 47.3 Å². The fourth-order valence-electron chi connectivity index (χ4n) is 3.46. The lowest BCUT2D eigenvalue weighted by molar-refractivity contribution is -0.121. The van der Waals surface area contributed by atoms with Crippen LogP contribution < -0.4 is 11.3 Å². The van der Waals surface area contributed by atoms with Crippen molar-refractivity contribution in [2.45, 2.75) is 19.4 Å². The summed E-state index contributed by atoms with van der Waals surface area (Å²) in [6.45, 7) is 1.98. The van der Waals surface area contributed by atoms with Gasteiger partial charge in [0.25, 0.3) is 5.56 Å². The summed E-state index contributed by atoms with van der Waals surface area (Å²) >= 11 is 0. The van der Waals surface area contributed by atoms with Crippen LogP contribution in [0.15, 0.2) is 65.7 Å². The number of nitrogens with one attached hydrogen (secondary N) is 1. The van der Waals surface area contributed by atoms with Crippen molar-refractivity contribution < 1.29 is 9.90 Å². The molecule has 7 heteroatoms. The molecule has 0 saturated heterocycles. The molecule has 146 valence electrons. The van der Waals surface area contributed by atoms with Gasteiger partial charge in [-0.2, -0.15) is 0 Å².